The highest BCUT2D eigenvalue weighted by Crippen LogP contribution is 2.36. The predicted octanol–water partition coefficient (Wildman–Crippen LogP) is 3.38. The lowest BCUT2D eigenvalue weighted by Gasteiger charge is -2.46. The first-order valence-corrected chi connectivity index (χ1v) is 6.47. The van der Waals surface area contributed by atoms with Crippen molar-refractivity contribution in [2.45, 2.75) is 20.3 Å². The molecule has 2 rings (SSSR count). The number of hydrogen-bond acceptors (Lipinski definition) is 1. The average Bonchev–Trinajstić information content (AvgIpc) is 2.16. The van der Waals surface area contributed by atoms with Gasteiger partial charge in [-0.2, -0.15) is 0 Å². The maximum atomic E-state index is 13.1. The van der Waals surface area contributed by atoms with Gasteiger partial charge < -0.3 is 5.32 Å². The molecule has 0 aliphatic carbocycles. The van der Waals surface area contributed by atoms with Crippen molar-refractivity contribution in [1.29, 1.82) is 0 Å². The van der Waals surface area contributed by atoms with Crippen LogP contribution in [-0.2, 0) is 6.42 Å². The molecule has 0 spiro atoms. The summed E-state index contributed by atoms with van der Waals surface area (Å²) in [5, 5.41) is 3.34. The minimum absolute atomic E-state index is 0.186. The van der Waals surface area contributed by atoms with E-state index in [1.54, 1.807) is 6.07 Å². The zero-order valence-corrected chi connectivity index (χ0v) is 11.3. The average molecular weight is 286 g/mol. The van der Waals surface area contributed by atoms with Gasteiger partial charge >= 0.3 is 0 Å². The topological polar surface area (TPSA) is 12.0 Å². The summed E-state index contributed by atoms with van der Waals surface area (Å²) in [6.45, 7) is 6.66. The minimum atomic E-state index is -0.186. The summed E-state index contributed by atoms with van der Waals surface area (Å²) in [5.41, 5.74) is 1.57. The Labute approximate surface area is 105 Å². The third kappa shape index (κ3) is 2.16. The van der Waals surface area contributed by atoms with Gasteiger partial charge in [-0.3, -0.25) is 0 Å². The molecule has 0 amide bonds. The quantitative estimate of drug-likeness (QED) is 0.898. The SMILES string of the molecule is CC(C)C1(Cc2ccc(F)c(Br)c2)CNC1. The third-order valence-corrected chi connectivity index (χ3v) is 4.33. The highest BCUT2D eigenvalue weighted by molar-refractivity contribution is 9.10. The first-order valence-electron chi connectivity index (χ1n) is 5.68. The number of nitrogens with one attached hydrogen (secondary N) is 1. The van der Waals surface area contributed by atoms with E-state index < -0.39 is 0 Å². The fourth-order valence-electron chi connectivity index (χ4n) is 2.24. The Bertz CT molecular complexity index is 386. The second kappa shape index (κ2) is 4.46. The molecule has 1 aromatic rings. The molecule has 1 aromatic carbocycles. The number of hydrogen-bond donors (Lipinski definition) is 1. The fourth-order valence-corrected chi connectivity index (χ4v) is 2.67. The van der Waals surface area contributed by atoms with Gasteiger partial charge in [0.05, 0.1) is 4.47 Å². The van der Waals surface area contributed by atoms with E-state index in [2.05, 4.69) is 35.1 Å². The molecule has 1 aliphatic heterocycles. The maximum Gasteiger partial charge on any atom is 0.137 e. The Kier molecular flexibility index (Phi) is 3.36. The molecular formula is C13H17BrFN. The van der Waals surface area contributed by atoms with Crippen molar-refractivity contribution in [2.75, 3.05) is 13.1 Å². The lowest BCUT2D eigenvalue weighted by atomic mass is 9.68. The van der Waals surface area contributed by atoms with Gasteiger partial charge in [0.25, 0.3) is 0 Å². The van der Waals surface area contributed by atoms with Gasteiger partial charge in [0.1, 0.15) is 5.82 Å². The maximum absolute atomic E-state index is 13.1. The Morgan fingerprint density at radius 1 is 1.44 bits per heavy atom. The van der Waals surface area contributed by atoms with Gasteiger partial charge in [0.15, 0.2) is 0 Å². The molecule has 16 heavy (non-hydrogen) atoms. The monoisotopic (exact) mass is 285 g/mol. The third-order valence-electron chi connectivity index (χ3n) is 3.72. The number of halogens is 2. The molecule has 1 N–H and O–H groups in total. The smallest absolute Gasteiger partial charge is 0.137 e. The standard InChI is InChI=1S/C13H17BrFN/c1-9(2)13(7-16-8-13)6-10-3-4-12(15)11(14)5-10/h3-5,9,16H,6-8H2,1-2H3. The molecule has 0 unspecified atom stereocenters. The van der Waals surface area contributed by atoms with Crippen LogP contribution in [0.4, 0.5) is 4.39 Å². The molecule has 3 heteroatoms. The van der Waals surface area contributed by atoms with E-state index >= 15 is 0 Å². The highest BCUT2D eigenvalue weighted by atomic mass is 79.9. The van der Waals surface area contributed by atoms with Crippen LogP contribution in [0.5, 0.6) is 0 Å². The minimum Gasteiger partial charge on any atom is -0.315 e. The summed E-state index contributed by atoms with van der Waals surface area (Å²) in [7, 11) is 0. The number of rotatable bonds is 3. The van der Waals surface area contributed by atoms with Gasteiger partial charge in [-0.25, -0.2) is 4.39 Å². The van der Waals surface area contributed by atoms with Crippen LogP contribution in [0.1, 0.15) is 19.4 Å². The molecule has 1 saturated heterocycles. The first-order chi connectivity index (χ1) is 7.53. The van der Waals surface area contributed by atoms with Crippen LogP contribution in [0, 0.1) is 17.2 Å². The van der Waals surface area contributed by atoms with Gasteiger partial charge in [-0.1, -0.05) is 19.9 Å². The van der Waals surface area contributed by atoms with Crippen molar-refractivity contribution < 1.29 is 4.39 Å². The van der Waals surface area contributed by atoms with E-state index in [1.807, 2.05) is 12.1 Å². The summed E-state index contributed by atoms with van der Waals surface area (Å²) < 4.78 is 13.7. The zero-order chi connectivity index (χ0) is 11.8. The van der Waals surface area contributed by atoms with Crippen molar-refractivity contribution >= 4 is 15.9 Å². The van der Waals surface area contributed by atoms with Crippen molar-refractivity contribution in [3.05, 3.63) is 34.1 Å². The van der Waals surface area contributed by atoms with Crippen LogP contribution >= 0.6 is 15.9 Å². The van der Waals surface area contributed by atoms with Crippen LogP contribution < -0.4 is 5.32 Å². The molecule has 88 valence electrons. The first kappa shape index (κ1) is 12.1. The Morgan fingerprint density at radius 3 is 2.56 bits per heavy atom. The molecule has 1 heterocycles. The van der Waals surface area contributed by atoms with E-state index in [9.17, 15) is 4.39 Å². The second-order valence-electron chi connectivity index (χ2n) is 5.05. The summed E-state index contributed by atoms with van der Waals surface area (Å²) in [4.78, 5) is 0. The van der Waals surface area contributed by atoms with E-state index in [0.29, 0.717) is 15.8 Å². The second-order valence-corrected chi connectivity index (χ2v) is 5.90. The van der Waals surface area contributed by atoms with Crippen molar-refractivity contribution in [3.63, 3.8) is 0 Å². The molecule has 0 saturated carbocycles. The summed E-state index contributed by atoms with van der Waals surface area (Å²) in [5.74, 6) is 0.464. The fraction of sp³-hybridized carbons (Fsp3) is 0.538. The molecule has 0 bridgehead atoms. The molecular weight excluding hydrogens is 269 g/mol. The largest absolute Gasteiger partial charge is 0.315 e. The summed E-state index contributed by atoms with van der Waals surface area (Å²) in [6, 6.07) is 5.33. The van der Waals surface area contributed by atoms with Crippen LogP contribution in [0.2, 0.25) is 0 Å². The highest BCUT2D eigenvalue weighted by Gasteiger charge is 2.39. The number of benzene rings is 1. The summed E-state index contributed by atoms with van der Waals surface area (Å²) in [6.07, 6.45) is 1.02. The lowest BCUT2D eigenvalue weighted by molar-refractivity contribution is 0.0994. The zero-order valence-electron chi connectivity index (χ0n) is 9.69. The normalized spacial score (nSPS) is 18.6. The van der Waals surface area contributed by atoms with Crippen molar-refractivity contribution in [2.24, 2.45) is 11.3 Å². The lowest BCUT2D eigenvalue weighted by Crippen LogP contribution is -2.57. The molecule has 0 radical (unpaired) electrons. The van der Waals surface area contributed by atoms with Crippen LogP contribution in [-0.4, -0.2) is 13.1 Å². The predicted molar refractivity (Wildman–Crippen MR) is 67.9 cm³/mol. The van der Waals surface area contributed by atoms with E-state index in [0.717, 1.165) is 19.5 Å². The van der Waals surface area contributed by atoms with E-state index in [-0.39, 0.29) is 5.82 Å². The summed E-state index contributed by atoms with van der Waals surface area (Å²) >= 11 is 3.24. The van der Waals surface area contributed by atoms with Crippen LogP contribution in [0.25, 0.3) is 0 Å². The van der Waals surface area contributed by atoms with E-state index in [1.165, 1.54) is 5.56 Å². The van der Waals surface area contributed by atoms with Gasteiger partial charge in [-0.15, -0.1) is 0 Å². The van der Waals surface area contributed by atoms with Crippen LogP contribution in [0.3, 0.4) is 0 Å². The molecule has 1 nitrogen and oxygen atoms in total. The van der Waals surface area contributed by atoms with Gasteiger partial charge in [0, 0.05) is 18.5 Å². The van der Waals surface area contributed by atoms with Gasteiger partial charge in [-0.05, 0) is 46.0 Å². The molecule has 1 aliphatic rings. The Morgan fingerprint density at radius 2 is 2.12 bits per heavy atom. The molecule has 0 atom stereocenters. The van der Waals surface area contributed by atoms with Crippen molar-refractivity contribution in [3.8, 4) is 0 Å². The van der Waals surface area contributed by atoms with Crippen molar-refractivity contribution in [1.82, 2.24) is 5.32 Å². The Hall–Kier alpha value is -0.410. The Balaban J connectivity index is 2.16. The van der Waals surface area contributed by atoms with E-state index in [4.69, 9.17) is 0 Å². The van der Waals surface area contributed by atoms with Gasteiger partial charge in [0.2, 0.25) is 0 Å². The molecule has 1 fully saturated rings. The molecule has 0 aromatic heterocycles. The van der Waals surface area contributed by atoms with Crippen LogP contribution in [0.15, 0.2) is 22.7 Å².